The molecule has 0 aliphatic heterocycles. The Morgan fingerprint density at radius 3 is 2.46 bits per heavy atom. The number of amides is 1. The first-order valence-corrected chi connectivity index (χ1v) is 8.21. The summed E-state index contributed by atoms with van der Waals surface area (Å²) in [5.41, 5.74) is 4.85. The second kappa shape index (κ2) is 8.05. The summed E-state index contributed by atoms with van der Waals surface area (Å²) >= 11 is 0. The third kappa shape index (κ3) is 4.16. The third-order valence-electron chi connectivity index (χ3n) is 4.28. The van der Waals surface area contributed by atoms with Crippen LogP contribution in [0.15, 0.2) is 15.9 Å². The Kier molecular flexibility index (Phi) is 6.78. The van der Waals surface area contributed by atoms with Crippen LogP contribution in [-0.2, 0) is 25.4 Å². The van der Waals surface area contributed by atoms with E-state index in [4.69, 9.17) is 5.73 Å². The van der Waals surface area contributed by atoms with Gasteiger partial charge in [-0.25, -0.2) is 9.78 Å². The summed E-state index contributed by atoms with van der Waals surface area (Å²) in [5.74, 6) is 0.119. The maximum Gasteiger partial charge on any atom is 0.332 e. The number of nitrogens with two attached hydrogens (primary N) is 1. The van der Waals surface area contributed by atoms with E-state index in [1.165, 1.54) is 29.6 Å². The van der Waals surface area contributed by atoms with Gasteiger partial charge in [0.05, 0.1) is 6.33 Å². The molecule has 0 saturated carbocycles. The third-order valence-corrected chi connectivity index (χ3v) is 4.28. The van der Waals surface area contributed by atoms with Crippen molar-refractivity contribution in [2.75, 3.05) is 6.54 Å². The minimum Gasteiger partial charge on any atom is -0.348 e. The molecule has 9 nitrogen and oxygen atoms in total. The van der Waals surface area contributed by atoms with E-state index in [2.05, 4.69) is 24.1 Å². The number of imidazole rings is 1. The SMILES string of the molecule is CC(C)CC(C)(CN)NC(=O)Cn1cnc2c1c(=O)n(C)c(=O)n2C.Cl. The highest BCUT2D eigenvalue weighted by Crippen LogP contribution is 2.15. The number of carbonyl (C=O) groups excluding carboxylic acids is 1. The van der Waals surface area contributed by atoms with Crippen molar-refractivity contribution < 1.29 is 4.79 Å². The number of nitrogens with one attached hydrogen (secondary N) is 1. The summed E-state index contributed by atoms with van der Waals surface area (Å²) in [7, 11) is 2.94. The van der Waals surface area contributed by atoms with E-state index in [0.29, 0.717) is 12.5 Å². The number of halogens is 1. The number of carbonyl (C=O) groups is 1. The molecule has 0 aliphatic rings. The second-order valence-electron chi connectivity index (χ2n) is 7.16. The Hall–Kier alpha value is -2.13. The summed E-state index contributed by atoms with van der Waals surface area (Å²) in [6.07, 6.45) is 2.14. The van der Waals surface area contributed by atoms with Crippen LogP contribution in [0.2, 0.25) is 0 Å². The highest BCUT2D eigenvalue weighted by Gasteiger charge is 2.26. The number of aryl methyl sites for hydroxylation is 1. The summed E-state index contributed by atoms with van der Waals surface area (Å²) in [6.45, 7) is 6.27. The van der Waals surface area contributed by atoms with Gasteiger partial charge in [0.25, 0.3) is 5.56 Å². The quantitative estimate of drug-likeness (QED) is 0.709. The molecule has 1 unspecified atom stereocenters. The first kappa shape index (κ1) is 21.9. The lowest BCUT2D eigenvalue weighted by Crippen LogP contribution is -2.53. The number of nitrogens with zero attached hydrogens (tertiary/aromatic N) is 4. The van der Waals surface area contributed by atoms with Crippen LogP contribution in [0.25, 0.3) is 11.2 Å². The predicted octanol–water partition coefficient (Wildman–Crippen LogP) is -0.265. The van der Waals surface area contributed by atoms with Crippen LogP contribution in [0.4, 0.5) is 0 Å². The molecule has 0 aromatic carbocycles. The first-order chi connectivity index (χ1) is 11.6. The van der Waals surface area contributed by atoms with Crippen LogP contribution >= 0.6 is 12.4 Å². The van der Waals surface area contributed by atoms with Crippen LogP contribution in [0, 0.1) is 5.92 Å². The van der Waals surface area contributed by atoms with E-state index in [-0.39, 0.29) is 36.0 Å². The van der Waals surface area contributed by atoms with Crippen molar-refractivity contribution in [1.82, 2.24) is 24.0 Å². The first-order valence-electron chi connectivity index (χ1n) is 8.21. The van der Waals surface area contributed by atoms with Gasteiger partial charge in [-0.2, -0.15) is 0 Å². The van der Waals surface area contributed by atoms with Crippen molar-refractivity contribution >= 4 is 29.5 Å². The van der Waals surface area contributed by atoms with Crippen molar-refractivity contribution in [3.8, 4) is 0 Å². The molecule has 2 heterocycles. The van der Waals surface area contributed by atoms with E-state index in [1.54, 1.807) is 0 Å². The molecule has 1 amide bonds. The van der Waals surface area contributed by atoms with E-state index in [0.717, 1.165) is 11.0 Å². The van der Waals surface area contributed by atoms with Gasteiger partial charge in [0.2, 0.25) is 5.91 Å². The van der Waals surface area contributed by atoms with Crippen molar-refractivity contribution in [2.45, 2.75) is 39.3 Å². The van der Waals surface area contributed by atoms with Crippen molar-refractivity contribution in [2.24, 2.45) is 25.7 Å². The molecule has 3 N–H and O–H groups in total. The average Bonchev–Trinajstić information content (AvgIpc) is 2.93. The molecule has 0 bridgehead atoms. The predicted molar refractivity (Wildman–Crippen MR) is 103 cm³/mol. The zero-order valence-electron chi connectivity index (χ0n) is 15.8. The zero-order chi connectivity index (χ0) is 18.9. The van der Waals surface area contributed by atoms with Gasteiger partial charge in [0.1, 0.15) is 6.54 Å². The van der Waals surface area contributed by atoms with Gasteiger partial charge in [-0.15, -0.1) is 12.4 Å². The molecule has 0 saturated heterocycles. The fourth-order valence-corrected chi connectivity index (χ4v) is 3.13. The number of aromatic nitrogens is 4. The second-order valence-corrected chi connectivity index (χ2v) is 7.16. The molecule has 2 aromatic heterocycles. The van der Waals surface area contributed by atoms with Gasteiger partial charge in [-0.3, -0.25) is 18.7 Å². The lowest BCUT2D eigenvalue weighted by Gasteiger charge is -2.31. The Morgan fingerprint density at radius 2 is 1.92 bits per heavy atom. The molecule has 146 valence electrons. The monoisotopic (exact) mass is 386 g/mol. The molecule has 2 rings (SSSR count). The van der Waals surface area contributed by atoms with Crippen molar-refractivity contribution in [3.63, 3.8) is 0 Å². The number of fused-ring (bicyclic) bond motifs is 1. The summed E-state index contributed by atoms with van der Waals surface area (Å²) in [6, 6.07) is 0. The maximum atomic E-state index is 12.5. The van der Waals surface area contributed by atoms with Crippen molar-refractivity contribution in [3.05, 3.63) is 27.2 Å². The van der Waals surface area contributed by atoms with Crippen molar-refractivity contribution in [1.29, 1.82) is 0 Å². The normalized spacial score (nSPS) is 13.5. The molecule has 10 heteroatoms. The topological polar surface area (TPSA) is 117 Å². The Morgan fingerprint density at radius 1 is 1.31 bits per heavy atom. The Bertz CT molecular complexity index is 913. The molecule has 1 atom stereocenters. The lowest BCUT2D eigenvalue weighted by atomic mass is 9.91. The van der Waals surface area contributed by atoms with Crippen LogP contribution in [0.3, 0.4) is 0 Å². The molecule has 0 fully saturated rings. The highest BCUT2D eigenvalue weighted by atomic mass is 35.5. The molecular weight excluding hydrogens is 360 g/mol. The molecule has 0 spiro atoms. The van der Waals surface area contributed by atoms with Gasteiger partial charge in [-0.05, 0) is 19.3 Å². The van der Waals surface area contributed by atoms with Crippen LogP contribution in [0.1, 0.15) is 27.2 Å². The molecule has 2 aromatic rings. The Balaban J connectivity index is 0.00000338. The van der Waals surface area contributed by atoms with Gasteiger partial charge in [0, 0.05) is 26.2 Å². The molecule has 0 aliphatic carbocycles. The average molecular weight is 387 g/mol. The van der Waals surface area contributed by atoms with Gasteiger partial charge >= 0.3 is 5.69 Å². The highest BCUT2D eigenvalue weighted by molar-refractivity contribution is 5.85. The van der Waals surface area contributed by atoms with Gasteiger partial charge < -0.3 is 15.6 Å². The number of rotatable bonds is 6. The van der Waals surface area contributed by atoms with Crippen LogP contribution in [0.5, 0.6) is 0 Å². The standard InChI is InChI=1S/C16H26N6O3.ClH/c1-10(2)6-16(3,8-17)19-11(23)7-22-9-18-13-12(22)14(24)21(5)15(25)20(13)4;/h9-10H,6-8,17H2,1-5H3,(H,19,23);1H. The lowest BCUT2D eigenvalue weighted by molar-refractivity contribution is -0.123. The van der Waals surface area contributed by atoms with E-state index in [1.807, 2.05) is 6.92 Å². The molecule has 0 radical (unpaired) electrons. The fraction of sp³-hybridized carbons (Fsp3) is 0.625. The van der Waals surface area contributed by atoms with E-state index < -0.39 is 16.8 Å². The van der Waals surface area contributed by atoms with Crippen LogP contribution in [-0.4, -0.2) is 36.7 Å². The minimum atomic E-state index is -0.514. The number of hydrogen-bond acceptors (Lipinski definition) is 5. The summed E-state index contributed by atoms with van der Waals surface area (Å²) in [5, 5.41) is 2.95. The minimum absolute atomic E-state index is 0. The zero-order valence-corrected chi connectivity index (χ0v) is 16.6. The largest absolute Gasteiger partial charge is 0.348 e. The van der Waals surface area contributed by atoms with E-state index in [9.17, 15) is 14.4 Å². The Labute approximate surface area is 157 Å². The van der Waals surface area contributed by atoms with Crippen LogP contribution < -0.4 is 22.3 Å². The van der Waals surface area contributed by atoms with Gasteiger partial charge in [-0.1, -0.05) is 13.8 Å². The summed E-state index contributed by atoms with van der Waals surface area (Å²) in [4.78, 5) is 40.9. The smallest absolute Gasteiger partial charge is 0.332 e. The van der Waals surface area contributed by atoms with Gasteiger partial charge in [0.15, 0.2) is 11.2 Å². The summed E-state index contributed by atoms with van der Waals surface area (Å²) < 4.78 is 3.74. The maximum absolute atomic E-state index is 12.5. The molecular formula is C16H27ClN6O3. The van der Waals surface area contributed by atoms with E-state index >= 15 is 0 Å². The number of hydrogen-bond donors (Lipinski definition) is 2. The molecule has 26 heavy (non-hydrogen) atoms. The fourth-order valence-electron chi connectivity index (χ4n) is 3.13.